The minimum Gasteiger partial charge on any atom is -0.370 e. The minimum atomic E-state index is 0.175. The Kier molecular flexibility index (Phi) is 4.61. The second kappa shape index (κ2) is 6.21. The molecule has 1 saturated heterocycles. The molecule has 0 aromatic heterocycles. The molecule has 0 aliphatic carbocycles. The van der Waals surface area contributed by atoms with Gasteiger partial charge in [0, 0.05) is 31.4 Å². The van der Waals surface area contributed by atoms with Gasteiger partial charge in [-0.15, -0.1) is 0 Å². The van der Waals surface area contributed by atoms with E-state index >= 15 is 0 Å². The van der Waals surface area contributed by atoms with E-state index in [1.807, 2.05) is 0 Å². The lowest BCUT2D eigenvalue weighted by molar-refractivity contribution is 0.360. The van der Waals surface area contributed by atoms with Crippen LogP contribution in [0.1, 0.15) is 31.4 Å². The van der Waals surface area contributed by atoms with Crippen LogP contribution in [0.2, 0.25) is 0 Å². The average Bonchev–Trinajstić information content (AvgIpc) is 2.63. The summed E-state index contributed by atoms with van der Waals surface area (Å²) in [5.41, 5.74) is 8.62. The minimum absolute atomic E-state index is 0.175. The normalized spacial score (nSPS) is 19.6. The molecule has 1 atom stereocenters. The lowest BCUT2D eigenvalue weighted by Crippen LogP contribution is -2.28. The van der Waals surface area contributed by atoms with Crippen LogP contribution in [0.5, 0.6) is 0 Å². The van der Waals surface area contributed by atoms with Crippen LogP contribution in [0.25, 0.3) is 0 Å². The lowest BCUT2D eigenvalue weighted by Gasteiger charge is -2.23. The van der Waals surface area contributed by atoms with Crippen molar-refractivity contribution in [2.24, 2.45) is 5.73 Å². The average molecular weight is 247 g/mol. The van der Waals surface area contributed by atoms with E-state index in [2.05, 4.69) is 48.0 Å². The van der Waals surface area contributed by atoms with E-state index in [0.29, 0.717) is 0 Å². The molecule has 2 rings (SSSR count). The van der Waals surface area contributed by atoms with Crippen molar-refractivity contribution in [2.75, 3.05) is 38.1 Å². The number of hydrogen-bond donors (Lipinski definition) is 1. The zero-order valence-corrected chi connectivity index (χ0v) is 11.6. The largest absolute Gasteiger partial charge is 0.370 e. The van der Waals surface area contributed by atoms with Gasteiger partial charge < -0.3 is 15.5 Å². The molecule has 0 amide bonds. The van der Waals surface area contributed by atoms with Gasteiger partial charge in [0.05, 0.1) is 0 Å². The third-order valence-corrected chi connectivity index (χ3v) is 3.85. The smallest absolute Gasteiger partial charge is 0.0366 e. The highest BCUT2D eigenvalue weighted by atomic mass is 15.2. The number of likely N-dealkylation sites (N-methyl/N-ethyl adjacent to an activating group) is 1. The van der Waals surface area contributed by atoms with Gasteiger partial charge in [-0.05, 0) is 44.1 Å². The Morgan fingerprint density at radius 3 is 2.50 bits per heavy atom. The van der Waals surface area contributed by atoms with E-state index in [0.717, 1.165) is 26.1 Å². The predicted molar refractivity (Wildman–Crippen MR) is 78.0 cm³/mol. The zero-order chi connectivity index (χ0) is 13.0. The number of nitrogens with two attached hydrogens (primary N) is 1. The first-order valence-electron chi connectivity index (χ1n) is 6.99. The standard InChI is InChI=1S/C15H25N3/c1-3-15(16)13-5-7-14(8-6-13)18-10-4-9-17(2)11-12-18/h5-8,15H,3-4,9-12,16H2,1-2H3/t15-/m1/s1. The van der Waals surface area contributed by atoms with E-state index < -0.39 is 0 Å². The number of hydrogen-bond acceptors (Lipinski definition) is 3. The monoisotopic (exact) mass is 247 g/mol. The summed E-state index contributed by atoms with van der Waals surface area (Å²) in [5, 5.41) is 0. The fourth-order valence-electron chi connectivity index (χ4n) is 2.47. The van der Waals surface area contributed by atoms with Gasteiger partial charge in [0.25, 0.3) is 0 Å². The van der Waals surface area contributed by atoms with Crippen LogP contribution in [-0.4, -0.2) is 38.1 Å². The Bertz CT molecular complexity index is 361. The third kappa shape index (κ3) is 3.24. The first-order valence-corrected chi connectivity index (χ1v) is 6.99. The van der Waals surface area contributed by atoms with E-state index in [1.54, 1.807) is 0 Å². The van der Waals surface area contributed by atoms with Crippen molar-refractivity contribution in [3.63, 3.8) is 0 Å². The summed E-state index contributed by atoms with van der Waals surface area (Å²) < 4.78 is 0. The van der Waals surface area contributed by atoms with Gasteiger partial charge >= 0.3 is 0 Å². The van der Waals surface area contributed by atoms with Crippen molar-refractivity contribution in [2.45, 2.75) is 25.8 Å². The van der Waals surface area contributed by atoms with Crippen LogP contribution in [0, 0.1) is 0 Å². The molecule has 1 aromatic rings. The first kappa shape index (κ1) is 13.4. The van der Waals surface area contributed by atoms with Crippen LogP contribution < -0.4 is 10.6 Å². The van der Waals surface area contributed by atoms with Gasteiger partial charge in [0.2, 0.25) is 0 Å². The Morgan fingerprint density at radius 1 is 1.11 bits per heavy atom. The summed E-state index contributed by atoms with van der Waals surface area (Å²) in [6.45, 7) is 6.76. The molecule has 18 heavy (non-hydrogen) atoms. The molecule has 1 aromatic carbocycles. The summed E-state index contributed by atoms with van der Waals surface area (Å²) in [6, 6.07) is 8.97. The molecule has 0 radical (unpaired) electrons. The van der Waals surface area contributed by atoms with Crippen LogP contribution >= 0.6 is 0 Å². The molecule has 1 aliphatic rings. The Labute approximate surface area is 111 Å². The number of benzene rings is 1. The van der Waals surface area contributed by atoms with Gasteiger partial charge in [-0.3, -0.25) is 0 Å². The van der Waals surface area contributed by atoms with Crippen molar-refractivity contribution in [1.82, 2.24) is 4.90 Å². The fourth-order valence-corrected chi connectivity index (χ4v) is 2.47. The highest BCUT2D eigenvalue weighted by Crippen LogP contribution is 2.20. The number of nitrogens with zero attached hydrogens (tertiary/aromatic N) is 2. The first-order chi connectivity index (χ1) is 8.70. The maximum absolute atomic E-state index is 6.05. The zero-order valence-electron chi connectivity index (χ0n) is 11.6. The molecular formula is C15H25N3. The van der Waals surface area contributed by atoms with Gasteiger partial charge in [-0.1, -0.05) is 19.1 Å². The van der Waals surface area contributed by atoms with Gasteiger partial charge in [-0.2, -0.15) is 0 Å². The second-order valence-corrected chi connectivity index (χ2v) is 5.25. The summed E-state index contributed by atoms with van der Waals surface area (Å²) >= 11 is 0. The van der Waals surface area contributed by atoms with Crippen LogP contribution in [0.3, 0.4) is 0 Å². The molecule has 1 fully saturated rings. The fraction of sp³-hybridized carbons (Fsp3) is 0.600. The summed E-state index contributed by atoms with van der Waals surface area (Å²) in [5.74, 6) is 0. The molecule has 1 aliphatic heterocycles. The lowest BCUT2D eigenvalue weighted by atomic mass is 10.1. The Morgan fingerprint density at radius 2 is 1.83 bits per heavy atom. The summed E-state index contributed by atoms with van der Waals surface area (Å²) in [7, 11) is 2.20. The molecule has 2 N–H and O–H groups in total. The van der Waals surface area contributed by atoms with E-state index in [1.165, 1.54) is 24.2 Å². The molecular weight excluding hydrogens is 222 g/mol. The summed E-state index contributed by atoms with van der Waals surface area (Å²) in [6.07, 6.45) is 2.24. The van der Waals surface area contributed by atoms with Gasteiger partial charge in [-0.25, -0.2) is 0 Å². The highest BCUT2D eigenvalue weighted by Gasteiger charge is 2.12. The van der Waals surface area contributed by atoms with E-state index in [-0.39, 0.29) is 6.04 Å². The van der Waals surface area contributed by atoms with Crippen molar-refractivity contribution in [3.8, 4) is 0 Å². The maximum Gasteiger partial charge on any atom is 0.0366 e. The predicted octanol–water partition coefficient (Wildman–Crippen LogP) is 2.24. The third-order valence-electron chi connectivity index (χ3n) is 3.85. The maximum atomic E-state index is 6.05. The van der Waals surface area contributed by atoms with Crippen molar-refractivity contribution in [1.29, 1.82) is 0 Å². The molecule has 0 bridgehead atoms. The Balaban J connectivity index is 2.04. The quantitative estimate of drug-likeness (QED) is 0.889. The molecule has 0 saturated carbocycles. The van der Waals surface area contributed by atoms with Crippen LogP contribution in [0.15, 0.2) is 24.3 Å². The topological polar surface area (TPSA) is 32.5 Å². The highest BCUT2D eigenvalue weighted by molar-refractivity contribution is 5.48. The molecule has 100 valence electrons. The molecule has 0 unspecified atom stereocenters. The molecule has 1 heterocycles. The van der Waals surface area contributed by atoms with E-state index in [9.17, 15) is 0 Å². The summed E-state index contributed by atoms with van der Waals surface area (Å²) in [4.78, 5) is 4.88. The van der Waals surface area contributed by atoms with Crippen LogP contribution in [0.4, 0.5) is 5.69 Å². The van der Waals surface area contributed by atoms with Crippen molar-refractivity contribution >= 4 is 5.69 Å². The van der Waals surface area contributed by atoms with E-state index in [4.69, 9.17) is 5.73 Å². The SMILES string of the molecule is CC[C@@H](N)c1ccc(N2CCCN(C)CC2)cc1. The van der Waals surface area contributed by atoms with Crippen molar-refractivity contribution in [3.05, 3.63) is 29.8 Å². The van der Waals surface area contributed by atoms with Gasteiger partial charge in [0.1, 0.15) is 0 Å². The Hall–Kier alpha value is -1.06. The second-order valence-electron chi connectivity index (χ2n) is 5.25. The number of rotatable bonds is 3. The molecule has 0 spiro atoms. The molecule has 3 nitrogen and oxygen atoms in total. The number of anilines is 1. The molecule has 3 heteroatoms. The van der Waals surface area contributed by atoms with Gasteiger partial charge in [0.15, 0.2) is 0 Å². The van der Waals surface area contributed by atoms with Crippen LogP contribution in [-0.2, 0) is 0 Å². The van der Waals surface area contributed by atoms with Crippen molar-refractivity contribution < 1.29 is 0 Å².